The average molecular weight is 345 g/mol. The molecule has 2 saturated heterocycles. The Morgan fingerprint density at radius 2 is 1.92 bits per heavy atom. The molecule has 1 aromatic carbocycles. The maximum absolute atomic E-state index is 12.5. The highest BCUT2D eigenvalue weighted by atomic mass is 16.3. The molecule has 5 nitrogen and oxygen atoms in total. The first-order valence-electron chi connectivity index (χ1n) is 9.63. The molecule has 5 heteroatoms. The van der Waals surface area contributed by atoms with Crippen LogP contribution in [0.15, 0.2) is 30.3 Å². The lowest BCUT2D eigenvalue weighted by Crippen LogP contribution is -2.49. The number of nitrogens with one attached hydrogen (secondary N) is 1. The number of amides is 2. The summed E-state index contributed by atoms with van der Waals surface area (Å²) >= 11 is 0. The monoisotopic (exact) mass is 345 g/mol. The van der Waals surface area contributed by atoms with Crippen LogP contribution < -0.4 is 5.32 Å². The number of hydrogen-bond donors (Lipinski definition) is 2. The van der Waals surface area contributed by atoms with Crippen molar-refractivity contribution < 1.29 is 9.90 Å². The Kier molecular flexibility index (Phi) is 6.32. The van der Waals surface area contributed by atoms with Gasteiger partial charge in [0, 0.05) is 19.6 Å². The Morgan fingerprint density at radius 1 is 1.20 bits per heavy atom. The second-order valence-electron chi connectivity index (χ2n) is 7.57. The quantitative estimate of drug-likeness (QED) is 0.882. The molecule has 0 aliphatic carbocycles. The van der Waals surface area contributed by atoms with E-state index in [2.05, 4.69) is 41.4 Å². The number of rotatable bonds is 4. The summed E-state index contributed by atoms with van der Waals surface area (Å²) < 4.78 is 0. The zero-order chi connectivity index (χ0) is 17.6. The Bertz CT molecular complexity index is 543. The minimum atomic E-state index is -0.381. The molecule has 2 amide bonds. The van der Waals surface area contributed by atoms with E-state index in [-0.39, 0.29) is 18.2 Å². The van der Waals surface area contributed by atoms with Crippen LogP contribution in [0.5, 0.6) is 0 Å². The van der Waals surface area contributed by atoms with Crippen LogP contribution in [0.2, 0.25) is 0 Å². The minimum absolute atomic E-state index is 0.0509. The van der Waals surface area contributed by atoms with Gasteiger partial charge in [-0.05, 0) is 50.3 Å². The first kappa shape index (κ1) is 18.2. The van der Waals surface area contributed by atoms with Gasteiger partial charge in [-0.2, -0.15) is 0 Å². The summed E-state index contributed by atoms with van der Waals surface area (Å²) in [6.45, 7) is 6.28. The zero-order valence-electron chi connectivity index (χ0n) is 15.2. The van der Waals surface area contributed by atoms with Gasteiger partial charge < -0.3 is 15.3 Å². The van der Waals surface area contributed by atoms with E-state index < -0.39 is 0 Å². The van der Waals surface area contributed by atoms with Gasteiger partial charge in [0.2, 0.25) is 0 Å². The third-order valence-electron chi connectivity index (χ3n) is 5.57. The number of nitrogens with zero attached hydrogens (tertiary/aromatic N) is 2. The van der Waals surface area contributed by atoms with Gasteiger partial charge in [0.25, 0.3) is 0 Å². The fourth-order valence-electron chi connectivity index (χ4n) is 3.91. The van der Waals surface area contributed by atoms with Gasteiger partial charge in [-0.3, -0.25) is 4.90 Å². The fourth-order valence-corrected chi connectivity index (χ4v) is 3.91. The minimum Gasteiger partial charge on any atom is -0.391 e. The SMILES string of the molecule is CC1CCN([C@@H](CNC(=O)N2CCC[C@H](O)C2)c2ccccc2)CC1. The number of aliphatic hydroxyl groups is 1. The van der Waals surface area contributed by atoms with Crippen LogP contribution in [0, 0.1) is 5.92 Å². The van der Waals surface area contributed by atoms with Crippen molar-refractivity contribution in [3.8, 4) is 0 Å². The molecule has 0 spiro atoms. The smallest absolute Gasteiger partial charge is 0.317 e. The number of urea groups is 1. The highest BCUT2D eigenvalue weighted by Gasteiger charge is 2.27. The second-order valence-corrected chi connectivity index (χ2v) is 7.57. The van der Waals surface area contributed by atoms with E-state index >= 15 is 0 Å². The van der Waals surface area contributed by atoms with Crippen molar-refractivity contribution in [2.75, 3.05) is 32.7 Å². The van der Waals surface area contributed by atoms with E-state index in [0.29, 0.717) is 13.1 Å². The predicted octanol–water partition coefficient (Wildman–Crippen LogP) is 2.63. The number of carbonyl (C=O) groups is 1. The van der Waals surface area contributed by atoms with E-state index in [0.717, 1.165) is 38.4 Å². The second kappa shape index (κ2) is 8.68. The van der Waals surface area contributed by atoms with Crippen LogP contribution in [0.25, 0.3) is 0 Å². The third kappa shape index (κ3) is 4.95. The Labute approximate surface area is 151 Å². The molecule has 0 saturated carbocycles. The van der Waals surface area contributed by atoms with Crippen molar-refractivity contribution in [2.24, 2.45) is 5.92 Å². The fraction of sp³-hybridized carbons (Fsp3) is 0.650. The van der Waals surface area contributed by atoms with E-state index in [1.165, 1.54) is 18.4 Å². The highest BCUT2D eigenvalue weighted by Crippen LogP contribution is 2.26. The number of piperidine rings is 2. The number of benzene rings is 1. The van der Waals surface area contributed by atoms with Crippen LogP contribution in [0.3, 0.4) is 0 Å². The molecule has 2 aliphatic heterocycles. The molecule has 1 aromatic rings. The van der Waals surface area contributed by atoms with E-state index in [4.69, 9.17) is 0 Å². The first-order chi connectivity index (χ1) is 12.1. The molecule has 0 unspecified atom stereocenters. The van der Waals surface area contributed by atoms with Crippen LogP contribution in [-0.2, 0) is 0 Å². The predicted molar refractivity (Wildman–Crippen MR) is 99.4 cm³/mol. The molecule has 0 bridgehead atoms. The van der Waals surface area contributed by atoms with Gasteiger partial charge in [0.05, 0.1) is 12.1 Å². The van der Waals surface area contributed by atoms with Gasteiger partial charge in [0.1, 0.15) is 0 Å². The average Bonchev–Trinajstić information content (AvgIpc) is 2.64. The molecule has 2 N–H and O–H groups in total. The molecule has 2 fully saturated rings. The van der Waals surface area contributed by atoms with Crippen LogP contribution >= 0.6 is 0 Å². The third-order valence-corrected chi connectivity index (χ3v) is 5.57. The van der Waals surface area contributed by atoms with Gasteiger partial charge in [-0.1, -0.05) is 37.3 Å². The number of aliphatic hydroxyl groups excluding tert-OH is 1. The first-order valence-corrected chi connectivity index (χ1v) is 9.63. The lowest BCUT2D eigenvalue weighted by atomic mass is 9.95. The van der Waals surface area contributed by atoms with Crippen LogP contribution in [0.4, 0.5) is 4.79 Å². The molecular formula is C20H31N3O2. The molecule has 3 rings (SSSR count). The lowest BCUT2D eigenvalue weighted by molar-refractivity contribution is 0.0823. The molecule has 2 atom stereocenters. The van der Waals surface area contributed by atoms with E-state index in [1.807, 2.05) is 6.07 Å². The Hall–Kier alpha value is -1.59. The maximum Gasteiger partial charge on any atom is 0.317 e. The summed E-state index contributed by atoms with van der Waals surface area (Å²) in [6.07, 6.45) is 3.72. The van der Waals surface area contributed by atoms with Gasteiger partial charge >= 0.3 is 6.03 Å². The van der Waals surface area contributed by atoms with Gasteiger partial charge in [-0.15, -0.1) is 0 Å². The maximum atomic E-state index is 12.5. The number of β-amino-alcohol motifs (C(OH)–C–C–N with tert-alkyl or cyclic N) is 1. The summed E-state index contributed by atoms with van der Waals surface area (Å²) in [6, 6.07) is 10.6. The summed E-state index contributed by atoms with van der Waals surface area (Å²) in [5, 5.41) is 12.9. The highest BCUT2D eigenvalue weighted by molar-refractivity contribution is 5.74. The van der Waals surface area contributed by atoms with Gasteiger partial charge in [-0.25, -0.2) is 4.79 Å². The summed E-state index contributed by atoms with van der Waals surface area (Å²) in [5.74, 6) is 0.789. The molecule has 0 radical (unpaired) electrons. The Balaban J connectivity index is 1.62. The molecule has 25 heavy (non-hydrogen) atoms. The number of likely N-dealkylation sites (tertiary alicyclic amines) is 2. The van der Waals surface area contributed by atoms with E-state index in [9.17, 15) is 9.90 Å². The van der Waals surface area contributed by atoms with Crippen LogP contribution in [0.1, 0.15) is 44.2 Å². The normalized spacial score (nSPS) is 24.1. The van der Waals surface area contributed by atoms with Crippen molar-refractivity contribution in [3.63, 3.8) is 0 Å². The summed E-state index contributed by atoms with van der Waals surface area (Å²) in [7, 11) is 0. The largest absolute Gasteiger partial charge is 0.391 e. The van der Waals surface area contributed by atoms with Gasteiger partial charge in [0.15, 0.2) is 0 Å². The standard InChI is InChI=1S/C20H31N3O2/c1-16-9-12-22(13-10-16)19(17-6-3-2-4-7-17)14-21-20(25)23-11-5-8-18(24)15-23/h2-4,6-7,16,18-19,24H,5,8-15H2,1H3,(H,21,25)/t18-,19-/m0/s1. The molecule has 2 heterocycles. The van der Waals surface area contributed by atoms with Crippen molar-refractivity contribution in [1.29, 1.82) is 0 Å². The molecule has 0 aromatic heterocycles. The summed E-state index contributed by atoms with van der Waals surface area (Å²) in [4.78, 5) is 16.7. The zero-order valence-corrected chi connectivity index (χ0v) is 15.2. The topological polar surface area (TPSA) is 55.8 Å². The van der Waals surface area contributed by atoms with Crippen molar-refractivity contribution in [2.45, 2.75) is 44.8 Å². The summed E-state index contributed by atoms with van der Waals surface area (Å²) in [5.41, 5.74) is 1.26. The molecular weight excluding hydrogens is 314 g/mol. The van der Waals surface area contributed by atoms with Crippen molar-refractivity contribution in [3.05, 3.63) is 35.9 Å². The molecule has 2 aliphatic rings. The lowest BCUT2D eigenvalue weighted by Gasteiger charge is -2.38. The molecule has 138 valence electrons. The van der Waals surface area contributed by atoms with Crippen LogP contribution in [-0.4, -0.2) is 59.8 Å². The van der Waals surface area contributed by atoms with Crippen molar-refractivity contribution in [1.82, 2.24) is 15.1 Å². The number of carbonyl (C=O) groups excluding carboxylic acids is 1. The Morgan fingerprint density at radius 3 is 2.60 bits per heavy atom. The number of hydrogen-bond acceptors (Lipinski definition) is 3. The van der Waals surface area contributed by atoms with Crippen molar-refractivity contribution >= 4 is 6.03 Å². The van der Waals surface area contributed by atoms with E-state index in [1.54, 1.807) is 4.90 Å².